The van der Waals surface area contributed by atoms with E-state index in [9.17, 15) is 14.0 Å². The van der Waals surface area contributed by atoms with E-state index in [0.717, 1.165) is 6.42 Å². The van der Waals surface area contributed by atoms with Gasteiger partial charge < -0.3 is 9.64 Å². The predicted octanol–water partition coefficient (Wildman–Crippen LogP) is 3.78. The highest BCUT2D eigenvalue weighted by Crippen LogP contribution is 2.22. The van der Waals surface area contributed by atoms with Gasteiger partial charge in [-0.3, -0.25) is 9.59 Å². The highest BCUT2D eigenvalue weighted by molar-refractivity contribution is 6.33. The quantitative estimate of drug-likeness (QED) is 0.708. The van der Waals surface area contributed by atoms with E-state index in [2.05, 4.69) is 0 Å². The number of amides is 1. The fraction of sp³-hybridized carbons (Fsp3) is 0.529. The van der Waals surface area contributed by atoms with Crippen molar-refractivity contribution < 1.29 is 18.7 Å². The molecule has 1 aromatic rings. The third-order valence-electron chi connectivity index (χ3n) is 3.54. The molecule has 0 aliphatic carbocycles. The van der Waals surface area contributed by atoms with E-state index in [1.54, 1.807) is 6.92 Å². The largest absolute Gasteiger partial charge is 0.469 e. The number of halogens is 2. The van der Waals surface area contributed by atoms with Gasteiger partial charge in [0.25, 0.3) is 5.91 Å². The molecule has 0 bridgehead atoms. The molecule has 0 aliphatic rings. The Balaban J connectivity index is 3.02. The van der Waals surface area contributed by atoms with Gasteiger partial charge in [0.05, 0.1) is 23.6 Å². The summed E-state index contributed by atoms with van der Waals surface area (Å²) in [6.45, 7) is 6.31. The van der Waals surface area contributed by atoms with Gasteiger partial charge in [-0.1, -0.05) is 38.4 Å². The maximum Gasteiger partial charge on any atom is 0.310 e. The summed E-state index contributed by atoms with van der Waals surface area (Å²) < 4.78 is 18.7. The summed E-state index contributed by atoms with van der Waals surface area (Å²) >= 11 is 5.98. The normalized spacial score (nSPS) is 12.1. The monoisotopic (exact) mass is 343 g/mol. The number of hydrogen-bond donors (Lipinski definition) is 0. The van der Waals surface area contributed by atoms with Crippen molar-refractivity contribution in [2.45, 2.75) is 27.2 Å². The average Bonchev–Trinajstić information content (AvgIpc) is 2.49. The summed E-state index contributed by atoms with van der Waals surface area (Å²) in [5.74, 6) is -1.71. The third-order valence-corrected chi connectivity index (χ3v) is 3.85. The van der Waals surface area contributed by atoms with Gasteiger partial charge in [-0.25, -0.2) is 4.39 Å². The molecule has 128 valence electrons. The molecule has 0 aliphatic heterocycles. The van der Waals surface area contributed by atoms with E-state index in [1.165, 1.54) is 30.2 Å². The molecule has 0 aromatic heterocycles. The van der Waals surface area contributed by atoms with Crippen LogP contribution in [0, 0.1) is 17.7 Å². The molecule has 0 saturated carbocycles. The highest BCUT2D eigenvalue weighted by atomic mass is 35.5. The average molecular weight is 344 g/mol. The van der Waals surface area contributed by atoms with Gasteiger partial charge in [-0.15, -0.1) is 0 Å². The Morgan fingerprint density at radius 2 is 1.96 bits per heavy atom. The maximum absolute atomic E-state index is 14.0. The third kappa shape index (κ3) is 5.50. The van der Waals surface area contributed by atoms with Crippen molar-refractivity contribution in [3.63, 3.8) is 0 Å². The number of carbonyl (C=O) groups excluding carboxylic acids is 2. The number of ether oxygens (including phenoxy) is 1. The molecule has 23 heavy (non-hydrogen) atoms. The number of hydrogen-bond acceptors (Lipinski definition) is 3. The molecule has 1 amide bonds. The van der Waals surface area contributed by atoms with Crippen LogP contribution in [0.3, 0.4) is 0 Å². The number of benzene rings is 1. The van der Waals surface area contributed by atoms with Crippen molar-refractivity contribution in [2.75, 3.05) is 20.2 Å². The predicted molar refractivity (Wildman–Crippen MR) is 87.9 cm³/mol. The van der Waals surface area contributed by atoms with Crippen molar-refractivity contribution in [3.8, 4) is 0 Å². The van der Waals surface area contributed by atoms with E-state index in [-0.39, 0.29) is 17.1 Å². The highest BCUT2D eigenvalue weighted by Gasteiger charge is 2.26. The fourth-order valence-corrected chi connectivity index (χ4v) is 2.40. The lowest BCUT2D eigenvalue weighted by atomic mass is 10.1. The summed E-state index contributed by atoms with van der Waals surface area (Å²) in [6.07, 6.45) is 0.742. The van der Waals surface area contributed by atoms with E-state index in [4.69, 9.17) is 16.3 Å². The first-order valence-electron chi connectivity index (χ1n) is 7.59. The first kappa shape index (κ1) is 19.4. The van der Waals surface area contributed by atoms with Gasteiger partial charge in [-0.05, 0) is 24.5 Å². The number of carbonyl (C=O) groups is 2. The molecular weight excluding hydrogens is 321 g/mol. The Bertz CT molecular complexity index is 543. The summed E-state index contributed by atoms with van der Waals surface area (Å²) in [5, 5.41) is 0.0651. The molecule has 0 saturated heterocycles. The lowest BCUT2D eigenvalue weighted by Crippen LogP contribution is -2.39. The van der Waals surface area contributed by atoms with E-state index >= 15 is 0 Å². The minimum atomic E-state index is -0.664. The SMILES string of the molecule is COC(=O)C(C)CN(CCC(C)C)C(=O)c1c(F)cccc1Cl. The second-order valence-electron chi connectivity index (χ2n) is 5.95. The van der Waals surface area contributed by atoms with Crippen molar-refractivity contribution in [1.29, 1.82) is 0 Å². The number of methoxy groups -OCH3 is 1. The Labute approximate surface area is 141 Å². The standard InChI is InChI=1S/C17H23ClFNO3/c1-11(2)8-9-20(10-12(3)17(22)23-4)16(21)15-13(18)6-5-7-14(15)19/h5-7,11-12H,8-10H2,1-4H3. The zero-order chi connectivity index (χ0) is 17.6. The molecule has 0 fully saturated rings. The van der Waals surface area contributed by atoms with Crippen LogP contribution in [0.1, 0.15) is 37.6 Å². The first-order valence-corrected chi connectivity index (χ1v) is 7.96. The van der Waals surface area contributed by atoms with Crippen LogP contribution in [0.5, 0.6) is 0 Å². The van der Waals surface area contributed by atoms with Crippen LogP contribution in [0.25, 0.3) is 0 Å². The van der Waals surface area contributed by atoms with Crippen molar-refractivity contribution in [2.24, 2.45) is 11.8 Å². The second-order valence-corrected chi connectivity index (χ2v) is 6.36. The molecule has 0 heterocycles. The Hall–Kier alpha value is -1.62. The van der Waals surface area contributed by atoms with Gasteiger partial charge in [0, 0.05) is 13.1 Å². The molecule has 1 atom stereocenters. The molecule has 6 heteroatoms. The maximum atomic E-state index is 14.0. The molecule has 0 radical (unpaired) electrons. The smallest absolute Gasteiger partial charge is 0.310 e. The van der Waals surface area contributed by atoms with Crippen LogP contribution in [-0.4, -0.2) is 37.0 Å². The zero-order valence-electron chi connectivity index (χ0n) is 13.9. The van der Waals surface area contributed by atoms with Crippen molar-refractivity contribution in [1.82, 2.24) is 4.90 Å². The summed E-state index contributed by atoms with van der Waals surface area (Å²) in [7, 11) is 1.30. The number of rotatable bonds is 7. The van der Waals surface area contributed by atoms with Gasteiger partial charge in [0.15, 0.2) is 0 Å². The summed E-state index contributed by atoms with van der Waals surface area (Å²) in [6, 6.07) is 4.12. The van der Waals surface area contributed by atoms with Crippen LogP contribution in [0.4, 0.5) is 4.39 Å². The lowest BCUT2D eigenvalue weighted by Gasteiger charge is -2.26. The molecule has 4 nitrogen and oxygen atoms in total. The van der Waals surface area contributed by atoms with Crippen LogP contribution in [-0.2, 0) is 9.53 Å². The number of nitrogens with zero attached hydrogens (tertiary/aromatic N) is 1. The first-order chi connectivity index (χ1) is 10.8. The van der Waals surface area contributed by atoms with Gasteiger partial charge in [0.1, 0.15) is 5.82 Å². The summed E-state index contributed by atoms with van der Waals surface area (Å²) in [5.41, 5.74) is -0.157. The minimum absolute atomic E-state index is 0.0651. The number of esters is 1. The topological polar surface area (TPSA) is 46.6 Å². The fourth-order valence-electron chi connectivity index (χ4n) is 2.16. The Morgan fingerprint density at radius 3 is 2.48 bits per heavy atom. The van der Waals surface area contributed by atoms with Gasteiger partial charge in [-0.2, -0.15) is 0 Å². The van der Waals surface area contributed by atoms with Crippen molar-refractivity contribution in [3.05, 3.63) is 34.6 Å². The summed E-state index contributed by atoms with van der Waals surface area (Å²) in [4.78, 5) is 25.8. The van der Waals surface area contributed by atoms with Crippen molar-refractivity contribution >= 4 is 23.5 Å². The zero-order valence-corrected chi connectivity index (χ0v) is 14.7. The lowest BCUT2D eigenvalue weighted by molar-refractivity contribution is -0.145. The van der Waals surface area contributed by atoms with E-state index in [0.29, 0.717) is 12.5 Å². The molecule has 1 rings (SSSR count). The van der Waals surface area contributed by atoms with E-state index in [1.807, 2.05) is 13.8 Å². The molecular formula is C17H23ClFNO3. The van der Waals surface area contributed by atoms with Crippen LogP contribution in [0.15, 0.2) is 18.2 Å². The molecule has 1 aromatic carbocycles. The molecule has 1 unspecified atom stereocenters. The van der Waals surface area contributed by atoms with Crippen LogP contribution in [0.2, 0.25) is 5.02 Å². The van der Waals surface area contributed by atoms with Crippen LogP contribution >= 0.6 is 11.6 Å². The van der Waals surface area contributed by atoms with Gasteiger partial charge in [0.2, 0.25) is 0 Å². The minimum Gasteiger partial charge on any atom is -0.469 e. The second kappa shape index (κ2) is 8.87. The molecule has 0 N–H and O–H groups in total. The van der Waals surface area contributed by atoms with Gasteiger partial charge >= 0.3 is 5.97 Å². The van der Waals surface area contributed by atoms with E-state index < -0.39 is 23.6 Å². The van der Waals surface area contributed by atoms with Crippen LogP contribution < -0.4 is 0 Å². The Morgan fingerprint density at radius 1 is 1.30 bits per heavy atom. The Kier molecular flexibility index (Phi) is 7.49. The molecule has 0 spiro atoms.